The number of amides is 1. The number of rotatable bonds is 5. The lowest BCUT2D eigenvalue weighted by Crippen LogP contribution is -2.30. The van der Waals surface area contributed by atoms with Gasteiger partial charge in [0, 0.05) is 28.9 Å². The zero-order valence-corrected chi connectivity index (χ0v) is 16.0. The fourth-order valence-corrected chi connectivity index (χ4v) is 3.19. The van der Waals surface area contributed by atoms with Crippen LogP contribution >= 0.6 is 15.9 Å². The summed E-state index contributed by atoms with van der Waals surface area (Å²) in [5.41, 5.74) is 2.01. The van der Waals surface area contributed by atoms with Crippen LogP contribution < -0.4 is 15.0 Å². The first-order valence-electron chi connectivity index (χ1n) is 8.70. The molecule has 0 aromatic heterocycles. The normalized spacial score (nSPS) is 15.5. The van der Waals surface area contributed by atoms with E-state index in [1.807, 2.05) is 36.4 Å². The first kappa shape index (κ1) is 17.8. The molecule has 0 aliphatic carbocycles. The Balaban J connectivity index is 1.55. The second kappa shape index (κ2) is 8.39. The molecule has 2 aromatic rings. The summed E-state index contributed by atoms with van der Waals surface area (Å²) in [6, 6.07) is 15.5. The predicted octanol–water partition coefficient (Wildman–Crippen LogP) is 4.85. The highest BCUT2D eigenvalue weighted by Gasteiger charge is 2.15. The van der Waals surface area contributed by atoms with Crippen molar-refractivity contribution in [2.24, 2.45) is 0 Å². The summed E-state index contributed by atoms with van der Waals surface area (Å²) in [5.74, 6) is 0.514. The fraction of sp³-hybridized carbons (Fsp3) is 0.350. The van der Waals surface area contributed by atoms with Crippen LogP contribution in [0.25, 0.3) is 0 Å². The monoisotopic (exact) mass is 402 g/mol. The van der Waals surface area contributed by atoms with E-state index in [-0.39, 0.29) is 5.91 Å². The van der Waals surface area contributed by atoms with Crippen molar-refractivity contribution in [1.29, 1.82) is 0 Å². The molecule has 0 bridgehead atoms. The maximum atomic E-state index is 12.3. The smallest absolute Gasteiger partial charge is 0.265 e. The Bertz CT molecular complexity index is 695. The average molecular weight is 403 g/mol. The molecule has 1 unspecified atom stereocenters. The van der Waals surface area contributed by atoms with Crippen molar-refractivity contribution in [3.8, 4) is 5.75 Å². The molecule has 132 valence electrons. The quantitative estimate of drug-likeness (QED) is 0.777. The number of carbonyl (C=O) groups is 1. The number of piperidine rings is 1. The Kier molecular flexibility index (Phi) is 5.97. The van der Waals surface area contributed by atoms with Crippen LogP contribution in [-0.2, 0) is 4.79 Å². The van der Waals surface area contributed by atoms with Gasteiger partial charge in [0.2, 0.25) is 0 Å². The van der Waals surface area contributed by atoms with E-state index in [9.17, 15) is 4.79 Å². The number of nitrogens with one attached hydrogen (secondary N) is 1. The van der Waals surface area contributed by atoms with Gasteiger partial charge in [-0.05, 0) is 74.7 Å². The third-order valence-electron chi connectivity index (χ3n) is 4.35. The van der Waals surface area contributed by atoms with Gasteiger partial charge in [0.05, 0.1) is 0 Å². The van der Waals surface area contributed by atoms with Gasteiger partial charge in [-0.25, -0.2) is 0 Å². The van der Waals surface area contributed by atoms with Gasteiger partial charge in [-0.15, -0.1) is 0 Å². The summed E-state index contributed by atoms with van der Waals surface area (Å²) in [6.45, 7) is 3.98. The third-order valence-corrected chi connectivity index (χ3v) is 4.88. The lowest BCUT2D eigenvalue weighted by molar-refractivity contribution is -0.122. The van der Waals surface area contributed by atoms with Gasteiger partial charge in [0.1, 0.15) is 5.75 Å². The first-order valence-corrected chi connectivity index (χ1v) is 9.49. The Morgan fingerprint density at radius 2 is 1.68 bits per heavy atom. The standard InChI is InChI=1S/C20H23BrN2O2/c1-15(25-19-11-5-16(21)6-12-19)20(24)22-17-7-9-18(10-8-17)23-13-3-2-4-14-23/h5-12,15H,2-4,13-14H2,1H3,(H,22,24). The molecule has 1 N–H and O–H groups in total. The van der Waals surface area contributed by atoms with Crippen molar-refractivity contribution < 1.29 is 9.53 Å². The van der Waals surface area contributed by atoms with Crippen molar-refractivity contribution in [3.05, 3.63) is 53.0 Å². The van der Waals surface area contributed by atoms with Gasteiger partial charge in [-0.2, -0.15) is 0 Å². The average Bonchev–Trinajstić information content (AvgIpc) is 2.65. The lowest BCUT2D eigenvalue weighted by Gasteiger charge is -2.28. The zero-order chi connectivity index (χ0) is 17.6. The van der Waals surface area contributed by atoms with Crippen LogP contribution in [0.5, 0.6) is 5.75 Å². The minimum Gasteiger partial charge on any atom is -0.481 e. The molecule has 1 aliphatic heterocycles. The number of nitrogens with zero attached hydrogens (tertiary/aromatic N) is 1. The second-order valence-electron chi connectivity index (χ2n) is 6.30. The molecular formula is C20H23BrN2O2. The molecule has 2 aromatic carbocycles. The van der Waals surface area contributed by atoms with E-state index in [0.29, 0.717) is 5.75 Å². The Labute approximate surface area is 157 Å². The maximum absolute atomic E-state index is 12.3. The molecule has 0 spiro atoms. The summed E-state index contributed by atoms with van der Waals surface area (Å²) in [4.78, 5) is 14.7. The predicted molar refractivity (Wildman–Crippen MR) is 105 cm³/mol. The van der Waals surface area contributed by atoms with Crippen molar-refractivity contribution >= 4 is 33.2 Å². The number of anilines is 2. The van der Waals surface area contributed by atoms with Crippen molar-refractivity contribution in [2.75, 3.05) is 23.3 Å². The molecule has 0 radical (unpaired) electrons. The lowest BCUT2D eigenvalue weighted by atomic mass is 10.1. The van der Waals surface area contributed by atoms with Crippen LogP contribution in [0.4, 0.5) is 11.4 Å². The Morgan fingerprint density at radius 1 is 1.04 bits per heavy atom. The number of carbonyl (C=O) groups excluding carboxylic acids is 1. The van der Waals surface area contributed by atoms with Gasteiger partial charge >= 0.3 is 0 Å². The minimum atomic E-state index is -0.567. The summed E-state index contributed by atoms with van der Waals surface area (Å²) in [6.07, 6.45) is 3.26. The zero-order valence-electron chi connectivity index (χ0n) is 14.4. The SMILES string of the molecule is CC(Oc1ccc(Br)cc1)C(=O)Nc1ccc(N2CCCCC2)cc1. The molecule has 4 nitrogen and oxygen atoms in total. The number of hydrogen-bond acceptors (Lipinski definition) is 3. The topological polar surface area (TPSA) is 41.6 Å². The molecule has 1 amide bonds. The molecule has 25 heavy (non-hydrogen) atoms. The van der Waals surface area contributed by atoms with E-state index < -0.39 is 6.10 Å². The molecular weight excluding hydrogens is 380 g/mol. The maximum Gasteiger partial charge on any atom is 0.265 e. The second-order valence-corrected chi connectivity index (χ2v) is 7.21. The van der Waals surface area contributed by atoms with Gasteiger partial charge in [-0.3, -0.25) is 4.79 Å². The highest BCUT2D eigenvalue weighted by atomic mass is 79.9. The highest BCUT2D eigenvalue weighted by molar-refractivity contribution is 9.10. The molecule has 3 rings (SSSR count). The van der Waals surface area contributed by atoms with E-state index in [4.69, 9.17) is 4.74 Å². The van der Waals surface area contributed by atoms with Gasteiger partial charge < -0.3 is 15.0 Å². The van der Waals surface area contributed by atoms with Crippen LogP contribution in [0.15, 0.2) is 53.0 Å². The molecule has 1 aliphatic rings. The van der Waals surface area contributed by atoms with Crippen molar-refractivity contribution in [1.82, 2.24) is 0 Å². The van der Waals surface area contributed by atoms with E-state index >= 15 is 0 Å². The van der Waals surface area contributed by atoms with Crippen LogP contribution in [0.2, 0.25) is 0 Å². The Hall–Kier alpha value is -2.01. The molecule has 1 saturated heterocycles. The van der Waals surface area contributed by atoms with Gasteiger partial charge in [0.25, 0.3) is 5.91 Å². The van der Waals surface area contributed by atoms with Crippen molar-refractivity contribution in [2.45, 2.75) is 32.3 Å². The first-order chi connectivity index (χ1) is 12.1. The minimum absolute atomic E-state index is 0.159. The molecule has 1 heterocycles. The van der Waals surface area contributed by atoms with Crippen molar-refractivity contribution in [3.63, 3.8) is 0 Å². The third kappa shape index (κ3) is 4.98. The molecule has 0 saturated carbocycles. The van der Waals surface area contributed by atoms with Crippen LogP contribution in [0.3, 0.4) is 0 Å². The number of halogens is 1. The highest BCUT2D eigenvalue weighted by Crippen LogP contribution is 2.22. The number of ether oxygens (including phenoxy) is 1. The Morgan fingerprint density at radius 3 is 2.32 bits per heavy atom. The molecule has 5 heteroatoms. The van der Waals surface area contributed by atoms with Crippen LogP contribution in [0.1, 0.15) is 26.2 Å². The van der Waals surface area contributed by atoms with E-state index in [1.54, 1.807) is 6.92 Å². The summed E-state index contributed by atoms with van der Waals surface area (Å²) in [7, 11) is 0. The fourth-order valence-electron chi connectivity index (χ4n) is 2.92. The van der Waals surface area contributed by atoms with Crippen LogP contribution in [-0.4, -0.2) is 25.1 Å². The molecule has 1 atom stereocenters. The van der Waals surface area contributed by atoms with Gasteiger partial charge in [-0.1, -0.05) is 15.9 Å². The summed E-state index contributed by atoms with van der Waals surface area (Å²) in [5, 5.41) is 2.91. The van der Waals surface area contributed by atoms with E-state index in [1.165, 1.54) is 24.9 Å². The largest absolute Gasteiger partial charge is 0.481 e. The molecule has 1 fully saturated rings. The van der Waals surface area contributed by atoms with Crippen LogP contribution in [0, 0.1) is 0 Å². The summed E-state index contributed by atoms with van der Waals surface area (Å²) < 4.78 is 6.66. The number of benzene rings is 2. The van der Waals surface area contributed by atoms with E-state index in [0.717, 1.165) is 23.2 Å². The van der Waals surface area contributed by atoms with E-state index in [2.05, 4.69) is 38.3 Å². The number of hydrogen-bond donors (Lipinski definition) is 1. The summed E-state index contributed by atoms with van der Waals surface area (Å²) >= 11 is 3.38. The van der Waals surface area contributed by atoms with Gasteiger partial charge in [0.15, 0.2) is 6.10 Å².